The number of rotatable bonds is 9. The first-order valence-electron chi connectivity index (χ1n) is 9.62. The number of nitrogens with zero attached hydrogens (tertiary/aromatic N) is 1. The van der Waals surface area contributed by atoms with E-state index < -0.39 is 40.6 Å². The van der Waals surface area contributed by atoms with Crippen LogP contribution < -0.4 is 10.0 Å². The monoisotopic (exact) mass is 525 g/mol. The average Bonchev–Trinajstić information content (AvgIpc) is 2.73. The molecule has 0 bridgehead atoms. The molecule has 0 spiro atoms. The number of ether oxygens (including phenoxy) is 2. The Bertz CT molecular complexity index is 1080. The zero-order valence-electron chi connectivity index (χ0n) is 17.7. The van der Waals surface area contributed by atoms with Gasteiger partial charge < -0.3 is 14.0 Å². The lowest BCUT2D eigenvalue weighted by Gasteiger charge is -2.15. The van der Waals surface area contributed by atoms with E-state index in [0.717, 1.165) is 23.5 Å². The van der Waals surface area contributed by atoms with Crippen molar-refractivity contribution in [3.8, 4) is 11.5 Å². The Balaban J connectivity index is 2.46. The van der Waals surface area contributed by atoms with Gasteiger partial charge in [-0.3, -0.25) is 14.9 Å². The molecular formula is C20H20ClF3NO6PS. The van der Waals surface area contributed by atoms with Crippen LogP contribution in [0.25, 0.3) is 0 Å². The molecule has 2 unspecified atom stereocenters. The number of halogens is 4. The van der Waals surface area contributed by atoms with Crippen LogP contribution in [0.15, 0.2) is 30.3 Å². The minimum atomic E-state index is -4.59. The van der Waals surface area contributed by atoms with E-state index in [1.54, 1.807) is 13.8 Å². The van der Waals surface area contributed by atoms with Gasteiger partial charge in [0.25, 0.3) is 5.69 Å². The van der Waals surface area contributed by atoms with Gasteiger partial charge in [-0.1, -0.05) is 29.9 Å². The molecule has 2 aromatic rings. The minimum absolute atomic E-state index is 0.0579. The summed E-state index contributed by atoms with van der Waals surface area (Å²) in [6.45, 7) is 4.90. The summed E-state index contributed by atoms with van der Waals surface area (Å²) in [5.41, 5.74) is -1.01. The smallest absolute Gasteiger partial charge is 0.416 e. The second kappa shape index (κ2) is 11.3. The van der Waals surface area contributed by atoms with Crippen LogP contribution in [0.5, 0.6) is 11.5 Å². The van der Waals surface area contributed by atoms with Crippen molar-refractivity contribution in [1.82, 2.24) is 0 Å². The maximum Gasteiger partial charge on any atom is 0.416 e. The van der Waals surface area contributed by atoms with Crippen LogP contribution in [0.3, 0.4) is 0 Å². The molecule has 0 radical (unpaired) electrons. The third-order valence-corrected chi connectivity index (χ3v) is 8.62. The Kier molecular flexibility index (Phi) is 9.22. The molecular weight excluding hydrogens is 506 g/mol. The fraction of sp³-hybridized carbons (Fsp3) is 0.350. The number of benzene rings is 2. The molecule has 180 valence electrons. The van der Waals surface area contributed by atoms with Gasteiger partial charge in [-0.15, -0.1) is 0 Å². The van der Waals surface area contributed by atoms with Gasteiger partial charge in [-0.25, -0.2) is 0 Å². The fourth-order valence-electron chi connectivity index (χ4n) is 2.71. The van der Waals surface area contributed by atoms with Crippen molar-refractivity contribution < 1.29 is 36.9 Å². The number of hydrogen-bond acceptors (Lipinski definition) is 7. The number of hydrogen-bond donors (Lipinski definition) is 0. The highest BCUT2D eigenvalue weighted by Gasteiger charge is 2.31. The van der Waals surface area contributed by atoms with Crippen LogP contribution >= 0.6 is 30.0 Å². The lowest BCUT2D eigenvalue weighted by atomic mass is 10.1. The van der Waals surface area contributed by atoms with E-state index in [0.29, 0.717) is 11.6 Å². The maximum absolute atomic E-state index is 12.9. The van der Waals surface area contributed by atoms with Crippen molar-refractivity contribution >= 4 is 46.9 Å². The normalized spacial score (nSPS) is 13.3. The molecule has 0 aromatic heterocycles. The lowest BCUT2D eigenvalue weighted by molar-refractivity contribution is -0.383. The Hall–Kier alpha value is -2.23. The van der Waals surface area contributed by atoms with Crippen LogP contribution in [0.4, 0.5) is 18.9 Å². The lowest BCUT2D eigenvalue weighted by Crippen LogP contribution is -2.17. The van der Waals surface area contributed by atoms with E-state index in [1.807, 2.05) is 0 Å². The standard InChI is InChI=1S/C20H20ClF3NO6PS/c1-4-12-8-15(25(27)28)18(32(29)33-11(3)19(26)30-5-2)10-17(12)31-16-7-6-13(9-14(16)21)20(22,23)24/h6-11,32H,4-5H2,1-3H3. The van der Waals surface area contributed by atoms with Gasteiger partial charge in [0.2, 0.25) is 0 Å². The number of carbonyl (C=O) groups excluding carboxylic acids is 1. The van der Waals surface area contributed by atoms with Crippen molar-refractivity contribution in [2.24, 2.45) is 0 Å². The molecule has 7 nitrogen and oxygen atoms in total. The Morgan fingerprint density at radius 3 is 2.42 bits per heavy atom. The molecule has 0 aliphatic rings. The van der Waals surface area contributed by atoms with Crippen LogP contribution in [0, 0.1) is 10.1 Å². The highest BCUT2D eigenvalue weighted by molar-refractivity contribution is 8.54. The zero-order chi connectivity index (χ0) is 24.9. The number of aryl methyl sites for hydroxylation is 1. The third-order valence-electron chi connectivity index (χ3n) is 4.36. The number of alkyl halides is 3. The number of carbonyl (C=O) groups is 1. The van der Waals surface area contributed by atoms with Gasteiger partial charge in [-0.05, 0) is 44.5 Å². The molecule has 0 amide bonds. The van der Waals surface area contributed by atoms with Gasteiger partial charge in [0, 0.05) is 11.6 Å². The maximum atomic E-state index is 12.9. The molecule has 33 heavy (non-hydrogen) atoms. The van der Waals surface area contributed by atoms with Crippen LogP contribution in [0.1, 0.15) is 31.9 Å². The zero-order valence-corrected chi connectivity index (χ0v) is 20.3. The van der Waals surface area contributed by atoms with Crippen molar-refractivity contribution in [1.29, 1.82) is 0 Å². The number of nitro benzene ring substituents is 1. The first kappa shape index (κ1) is 27.0. The Morgan fingerprint density at radius 1 is 1.24 bits per heavy atom. The Morgan fingerprint density at radius 2 is 1.91 bits per heavy atom. The van der Waals surface area contributed by atoms with Crippen molar-refractivity contribution in [2.75, 3.05) is 6.61 Å². The van der Waals surface area contributed by atoms with Gasteiger partial charge in [0.15, 0.2) is 7.00 Å². The molecule has 2 atom stereocenters. The van der Waals surface area contributed by atoms with Gasteiger partial charge >= 0.3 is 12.1 Å². The SMILES string of the molecule is CCOC(=O)C(C)S[PH](=O)c1cc(Oc2ccc(C(F)(F)F)cc2Cl)c(CC)cc1[N+](=O)[O-]. The van der Waals surface area contributed by atoms with Crippen LogP contribution in [-0.2, 0) is 26.7 Å². The summed E-state index contributed by atoms with van der Waals surface area (Å²) in [5.74, 6) is -0.657. The first-order chi connectivity index (χ1) is 15.4. The second-order valence-corrected chi connectivity index (χ2v) is 10.9. The quantitative estimate of drug-likeness (QED) is 0.162. The molecule has 0 saturated heterocycles. The average molecular weight is 526 g/mol. The van der Waals surface area contributed by atoms with Crippen LogP contribution in [-0.4, -0.2) is 22.7 Å². The van der Waals surface area contributed by atoms with Gasteiger partial charge in [-0.2, -0.15) is 13.2 Å². The highest BCUT2D eigenvalue weighted by atomic mass is 35.5. The van der Waals surface area contributed by atoms with E-state index in [1.165, 1.54) is 19.1 Å². The minimum Gasteiger partial charge on any atom is -0.465 e. The molecule has 2 rings (SSSR count). The van der Waals surface area contributed by atoms with E-state index in [4.69, 9.17) is 21.1 Å². The van der Waals surface area contributed by atoms with Gasteiger partial charge in [0.05, 0.1) is 27.4 Å². The van der Waals surface area contributed by atoms with Crippen molar-refractivity contribution in [3.05, 3.63) is 56.6 Å². The molecule has 0 aliphatic heterocycles. The molecule has 13 heteroatoms. The fourth-order valence-corrected chi connectivity index (χ4v) is 6.28. The van der Waals surface area contributed by atoms with E-state index in [-0.39, 0.29) is 34.9 Å². The summed E-state index contributed by atoms with van der Waals surface area (Å²) < 4.78 is 62.1. The highest BCUT2D eigenvalue weighted by Crippen LogP contribution is 2.45. The third kappa shape index (κ3) is 6.88. The number of nitro groups is 1. The van der Waals surface area contributed by atoms with Crippen LogP contribution in [0.2, 0.25) is 5.02 Å². The summed E-state index contributed by atoms with van der Waals surface area (Å²) in [6, 6.07) is 4.93. The van der Waals surface area contributed by atoms with E-state index >= 15 is 0 Å². The molecule has 0 saturated carbocycles. The summed E-state index contributed by atoms with van der Waals surface area (Å²) in [5, 5.41) is 10.3. The number of esters is 1. The molecule has 0 N–H and O–H groups in total. The van der Waals surface area contributed by atoms with Gasteiger partial charge in [0.1, 0.15) is 16.7 Å². The van der Waals surface area contributed by atoms with E-state index in [9.17, 15) is 32.6 Å². The molecule has 0 aliphatic carbocycles. The topological polar surface area (TPSA) is 95.7 Å². The van der Waals surface area contributed by atoms with Crippen molar-refractivity contribution in [3.63, 3.8) is 0 Å². The van der Waals surface area contributed by atoms with E-state index in [2.05, 4.69) is 0 Å². The summed E-state index contributed by atoms with van der Waals surface area (Å²) in [6.07, 6.45) is -4.31. The summed E-state index contributed by atoms with van der Waals surface area (Å²) in [4.78, 5) is 22.7. The molecule has 2 aromatic carbocycles. The first-order valence-corrected chi connectivity index (χ1v) is 13.0. The predicted molar refractivity (Wildman–Crippen MR) is 121 cm³/mol. The predicted octanol–water partition coefficient (Wildman–Crippen LogP) is 6.41. The second-order valence-electron chi connectivity index (χ2n) is 6.63. The summed E-state index contributed by atoms with van der Waals surface area (Å²) >= 11 is 6.68. The largest absolute Gasteiger partial charge is 0.465 e. The summed E-state index contributed by atoms with van der Waals surface area (Å²) in [7, 11) is -2.91. The van der Waals surface area contributed by atoms with Crippen molar-refractivity contribution in [2.45, 2.75) is 38.6 Å². The molecule has 0 heterocycles. The Labute approximate surface area is 197 Å². The molecule has 0 fully saturated rings.